The Kier molecular flexibility index (Phi) is 5.49. The predicted molar refractivity (Wildman–Crippen MR) is 108 cm³/mol. The van der Waals surface area contributed by atoms with Crippen LogP contribution in [0.4, 0.5) is 0 Å². The van der Waals surface area contributed by atoms with Crippen LogP contribution >= 0.6 is 0 Å². The Morgan fingerprint density at radius 3 is 2.68 bits per heavy atom. The number of pyridine rings is 1. The molecule has 6 heteroatoms. The van der Waals surface area contributed by atoms with Gasteiger partial charge in [0.25, 0.3) is 5.56 Å². The Morgan fingerprint density at radius 2 is 2.07 bits per heavy atom. The Labute approximate surface area is 164 Å². The van der Waals surface area contributed by atoms with Gasteiger partial charge in [0.1, 0.15) is 11.5 Å². The molecule has 1 heterocycles. The van der Waals surface area contributed by atoms with Gasteiger partial charge < -0.3 is 19.9 Å². The van der Waals surface area contributed by atoms with Crippen LogP contribution in [0.1, 0.15) is 66.6 Å². The molecule has 0 saturated carbocycles. The normalized spacial score (nSPS) is 15.2. The van der Waals surface area contributed by atoms with Crippen LogP contribution in [0.3, 0.4) is 0 Å². The molecule has 150 valence electrons. The Bertz CT molecular complexity index is 974. The molecule has 6 nitrogen and oxygen atoms in total. The molecule has 1 unspecified atom stereocenters. The third-order valence-electron chi connectivity index (χ3n) is 5.48. The maximum absolute atomic E-state index is 12.3. The van der Waals surface area contributed by atoms with E-state index in [1.807, 2.05) is 32.9 Å². The van der Waals surface area contributed by atoms with E-state index in [0.717, 1.165) is 35.3 Å². The minimum absolute atomic E-state index is 0.108. The maximum atomic E-state index is 12.3. The van der Waals surface area contributed by atoms with Crippen molar-refractivity contribution in [3.63, 3.8) is 0 Å². The number of fused-ring (bicyclic) bond motifs is 3. The summed E-state index contributed by atoms with van der Waals surface area (Å²) in [7, 11) is 0. The van der Waals surface area contributed by atoms with Crippen LogP contribution < -0.4 is 10.3 Å². The Balaban J connectivity index is 2.21. The fourth-order valence-corrected chi connectivity index (χ4v) is 3.90. The first-order valence-corrected chi connectivity index (χ1v) is 9.75. The van der Waals surface area contributed by atoms with Crippen molar-refractivity contribution >= 4 is 5.97 Å². The first-order chi connectivity index (χ1) is 13.3. The average Bonchev–Trinajstić information content (AvgIpc) is 2.61. The molecule has 0 saturated heterocycles. The summed E-state index contributed by atoms with van der Waals surface area (Å²) in [6, 6.07) is 3.96. The molecule has 0 fully saturated rings. The molecule has 1 aromatic carbocycles. The highest BCUT2D eigenvalue weighted by Crippen LogP contribution is 2.47. The molecule has 0 bridgehead atoms. The smallest absolute Gasteiger partial charge is 0.345 e. The second-order valence-electron chi connectivity index (χ2n) is 7.80. The number of aromatic carboxylic acids is 1. The number of carbonyl (C=O) groups is 1. The lowest BCUT2D eigenvalue weighted by Crippen LogP contribution is -2.25. The van der Waals surface area contributed by atoms with Crippen LogP contribution in [0.2, 0.25) is 0 Å². The molecule has 1 aliphatic carbocycles. The topological polar surface area (TPSA) is 99.6 Å². The first-order valence-electron chi connectivity index (χ1n) is 9.75. The quantitative estimate of drug-likeness (QED) is 0.646. The molecule has 0 amide bonds. The van der Waals surface area contributed by atoms with Crippen molar-refractivity contribution in [2.24, 2.45) is 5.92 Å². The van der Waals surface area contributed by atoms with Gasteiger partial charge in [0.15, 0.2) is 5.56 Å². The predicted octanol–water partition coefficient (Wildman–Crippen LogP) is 4.23. The van der Waals surface area contributed by atoms with Crippen molar-refractivity contribution in [3.05, 3.63) is 44.7 Å². The van der Waals surface area contributed by atoms with Gasteiger partial charge in [-0.25, -0.2) is 4.79 Å². The molecule has 0 radical (unpaired) electrons. The number of benzene rings is 1. The van der Waals surface area contributed by atoms with Gasteiger partial charge in [-0.2, -0.15) is 0 Å². The lowest BCUT2D eigenvalue weighted by molar-refractivity contribution is 0.0691. The molecule has 3 N–H and O–H groups in total. The van der Waals surface area contributed by atoms with Crippen molar-refractivity contribution < 1.29 is 19.7 Å². The van der Waals surface area contributed by atoms with Gasteiger partial charge in [-0.15, -0.1) is 0 Å². The number of H-pyrrole nitrogens is 1. The number of aryl methyl sites for hydroxylation is 1. The molecule has 2 aromatic rings. The van der Waals surface area contributed by atoms with Gasteiger partial charge in [0.05, 0.1) is 12.3 Å². The van der Waals surface area contributed by atoms with Crippen molar-refractivity contribution in [3.8, 4) is 22.8 Å². The minimum atomic E-state index is -1.43. The summed E-state index contributed by atoms with van der Waals surface area (Å²) in [6.07, 6.45) is 2.68. The summed E-state index contributed by atoms with van der Waals surface area (Å²) in [6.45, 7) is 8.76. The molecule has 3 rings (SSSR count). The van der Waals surface area contributed by atoms with E-state index in [1.165, 1.54) is 0 Å². The number of aromatic hydroxyl groups is 1. The highest BCUT2D eigenvalue weighted by Gasteiger charge is 2.34. The highest BCUT2D eigenvalue weighted by molar-refractivity contribution is 5.92. The van der Waals surface area contributed by atoms with Gasteiger partial charge in [0, 0.05) is 11.1 Å². The number of aromatic amines is 1. The second kappa shape index (κ2) is 7.70. The number of carboxylic acids is 1. The van der Waals surface area contributed by atoms with Gasteiger partial charge in [-0.05, 0) is 54.9 Å². The van der Waals surface area contributed by atoms with Crippen molar-refractivity contribution in [2.45, 2.75) is 52.9 Å². The Hall–Kier alpha value is -2.76. The van der Waals surface area contributed by atoms with E-state index in [2.05, 4.69) is 11.9 Å². The first kappa shape index (κ1) is 20.0. The van der Waals surface area contributed by atoms with E-state index in [-0.39, 0.29) is 11.8 Å². The lowest BCUT2D eigenvalue weighted by Gasteiger charge is -2.31. The van der Waals surface area contributed by atoms with Gasteiger partial charge in [-0.3, -0.25) is 4.79 Å². The number of hydrogen-bond acceptors (Lipinski definition) is 4. The maximum Gasteiger partial charge on any atom is 0.345 e. The number of nitrogens with one attached hydrogen (secondary N) is 1. The van der Waals surface area contributed by atoms with Crippen LogP contribution in [0.25, 0.3) is 11.3 Å². The number of ether oxygens (including phenoxy) is 1. The standard InChI is InChI=1S/C22H27NO5/c1-5-6-7-28-16-10-13-9-14(11(2)3)17-19(15(13)8-12(16)4)23-21(25)18(20(17)24)22(26)27/h8,10-11,14H,5-7,9H2,1-4H3,(H,26,27)(H2,23,24,25). The van der Waals surface area contributed by atoms with Gasteiger partial charge >= 0.3 is 5.97 Å². The molecule has 0 spiro atoms. The summed E-state index contributed by atoms with van der Waals surface area (Å²) in [4.78, 5) is 26.5. The van der Waals surface area contributed by atoms with E-state index in [9.17, 15) is 19.8 Å². The third-order valence-corrected chi connectivity index (χ3v) is 5.48. The summed E-state index contributed by atoms with van der Waals surface area (Å²) in [5, 5.41) is 20.0. The molecule has 1 aliphatic rings. The number of aromatic nitrogens is 1. The minimum Gasteiger partial charge on any atom is -0.506 e. The number of rotatable bonds is 6. The fourth-order valence-electron chi connectivity index (χ4n) is 3.90. The third kappa shape index (κ3) is 3.39. The zero-order valence-corrected chi connectivity index (χ0v) is 16.8. The summed E-state index contributed by atoms with van der Waals surface area (Å²) >= 11 is 0. The van der Waals surface area contributed by atoms with Crippen LogP contribution in [-0.2, 0) is 6.42 Å². The second-order valence-corrected chi connectivity index (χ2v) is 7.80. The van der Waals surface area contributed by atoms with E-state index in [1.54, 1.807) is 0 Å². The molecular formula is C22H27NO5. The molecule has 1 atom stereocenters. The largest absolute Gasteiger partial charge is 0.506 e. The molecule has 28 heavy (non-hydrogen) atoms. The number of carboxylic acid groups (broad SMARTS) is 1. The summed E-state index contributed by atoms with van der Waals surface area (Å²) in [5.74, 6) is -0.978. The monoisotopic (exact) mass is 385 g/mol. The van der Waals surface area contributed by atoms with E-state index >= 15 is 0 Å². The molecule has 1 aromatic heterocycles. The van der Waals surface area contributed by atoms with Crippen LogP contribution in [0, 0.1) is 12.8 Å². The van der Waals surface area contributed by atoms with Gasteiger partial charge in [-0.1, -0.05) is 27.2 Å². The van der Waals surface area contributed by atoms with Crippen molar-refractivity contribution in [1.82, 2.24) is 4.98 Å². The SMILES string of the molecule is CCCCOc1cc2c(cc1C)-c1[nH]c(=O)c(C(=O)O)c(O)c1C(C(C)C)C2. The van der Waals surface area contributed by atoms with Crippen LogP contribution in [-0.4, -0.2) is 27.8 Å². The number of unbranched alkanes of at least 4 members (excludes halogenated alkanes) is 1. The van der Waals surface area contributed by atoms with Crippen molar-refractivity contribution in [1.29, 1.82) is 0 Å². The van der Waals surface area contributed by atoms with E-state index in [4.69, 9.17) is 4.74 Å². The zero-order chi connectivity index (χ0) is 20.6. The van der Waals surface area contributed by atoms with E-state index in [0.29, 0.717) is 24.3 Å². The number of hydrogen-bond donors (Lipinski definition) is 3. The lowest BCUT2D eigenvalue weighted by atomic mass is 9.74. The molecular weight excluding hydrogens is 358 g/mol. The Morgan fingerprint density at radius 1 is 1.36 bits per heavy atom. The fraction of sp³-hybridized carbons (Fsp3) is 0.455. The summed E-state index contributed by atoms with van der Waals surface area (Å²) in [5.41, 5.74) is 2.42. The van der Waals surface area contributed by atoms with Crippen LogP contribution in [0.15, 0.2) is 16.9 Å². The average molecular weight is 385 g/mol. The zero-order valence-electron chi connectivity index (χ0n) is 16.8. The highest BCUT2D eigenvalue weighted by atomic mass is 16.5. The van der Waals surface area contributed by atoms with Gasteiger partial charge in [0.2, 0.25) is 0 Å². The molecule has 0 aliphatic heterocycles. The van der Waals surface area contributed by atoms with Crippen molar-refractivity contribution in [2.75, 3.05) is 6.61 Å². The summed E-state index contributed by atoms with van der Waals surface area (Å²) < 4.78 is 5.93. The van der Waals surface area contributed by atoms with E-state index < -0.39 is 22.8 Å². The van der Waals surface area contributed by atoms with Crippen LogP contribution in [0.5, 0.6) is 11.5 Å².